The predicted molar refractivity (Wildman–Crippen MR) is 96.4 cm³/mol. The van der Waals surface area contributed by atoms with Crippen LogP contribution in [0.4, 0.5) is 17.3 Å². The maximum atomic E-state index is 11.0. The van der Waals surface area contributed by atoms with Crippen molar-refractivity contribution < 1.29 is 4.92 Å². The van der Waals surface area contributed by atoms with Crippen molar-refractivity contribution in [3.63, 3.8) is 0 Å². The van der Waals surface area contributed by atoms with Gasteiger partial charge in [-0.2, -0.15) is 0 Å². The van der Waals surface area contributed by atoms with E-state index in [4.69, 9.17) is 4.98 Å². The number of aryl methyl sites for hydroxylation is 3. The van der Waals surface area contributed by atoms with Crippen molar-refractivity contribution in [2.24, 2.45) is 0 Å². The molecule has 1 aliphatic rings. The lowest BCUT2D eigenvalue weighted by atomic mass is 10.00. The fourth-order valence-electron chi connectivity index (χ4n) is 2.95. The number of fused-ring (bicyclic) bond motifs is 3. The Morgan fingerprint density at radius 1 is 1.28 bits per heavy atom. The van der Waals surface area contributed by atoms with Crippen molar-refractivity contribution >= 4 is 28.7 Å². The van der Waals surface area contributed by atoms with Gasteiger partial charge in [0.15, 0.2) is 0 Å². The molecule has 3 aromatic rings. The van der Waals surface area contributed by atoms with E-state index in [2.05, 4.69) is 9.97 Å². The van der Waals surface area contributed by atoms with E-state index >= 15 is 0 Å². The van der Waals surface area contributed by atoms with Crippen molar-refractivity contribution in [1.29, 1.82) is 0 Å². The minimum absolute atomic E-state index is 0.0441. The molecule has 2 heterocycles. The maximum absolute atomic E-state index is 11.0. The van der Waals surface area contributed by atoms with Crippen LogP contribution in [0, 0.1) is 17.0 Å². The minimum Gasteiger partial charge on any atom is -0.313 e. The first-order chi connectivity index (χ1) is 12.0. The summed E-state index contributed by atoms with van der Waals surface area (Å²) in [6.45, 7) is 2.00. The van der Waals surface area contributed by atoms with Crippen LogP contribution in [0.2, 0.25) is 0 Å². The highest BCUT2D eigenvalue weighted by molar-refractivity contribution is 7.15. The molecule has 0 aliphatic heterocycles. The molecule has 0 amide bonds. The van der Waals surface area contributed by atoms with Crippen molar-refractivity contribution in [3.8, 4) is 10.6 Å². The lowest BCUT2D eigenvalue weighted by molar-refractivity contribution is -0.384. The van der Waals surface area contributed by atoms with Gasteiger partial charge < -0.3 is 4.90 Å². The zero-order valence-corrected chi connectivity index (χ0v) is 14.6. The number of anilines is 2. The zero-order chi connectivity index (χ0) is 17.6. The highest BCUT2D eigenvalue weighted by atomic mass is 32.1. The van der Waals surface area contributed by atoms with E-state index in [0.717, 1.165) is 39.7 Å². The second-order valence-corrected chi connectivity index (χ2v) is 7.09. The van der Waals surface area contributed by atoms with E-state index in [1.54, 1.807) is 28.4 Å². The molecule has 0 unspecified atom stereocenters. The van der Waals surface area contributed by atoms with Gasteiger partial charge in [0.05, 0.1) is 31.9 Å². The highest BCUT2D eigenvalue weighted by Crippen LogP contribution is 2.37. The molecule has 0 radical (unpaired) electrons. The van der Waals surface area contributed by atoms with Crippen molar-refractivity contribution in [1.82, 2.24) is 15.0 Å². The van der Waals surface area contributed by atoms with Crippen LogP contribution in [0.25, 0.3) is 10.6 Å². The summed E-state index contributed by atoms with van der Waals surface area (Å²) < 4.78 is 0. The summed E-state index contributed by atoms with van der Waals surface area (Å²) in [5.74, 6) is 0.512. The summed E-state index contributed by atoms with van der Waals surface area (Å²) in [5.41, 5.74) is 3.85. The van der Waals surface area contributed by atoms with Crippen LogP contribution in [0.15, 0.2) is 30.5 Å². The molecule has 4 rings (SSSR count). The molecule has 0 fully saturated rings. The number of benzene rings is 1. The number of nitrogens with zero attached hydrogens (tertiary/aromatic N) is 5. The van der Waals surface area contributed by atoms with E-state index in [1.165, 1.54) is 12.1 Å². The van der Waals surface area contributed by atoms with Crippen molar-refractivity contribution in [2.75, 3.05) is 11.9 Å². The molecule has 1 aliphatic carbocycles. The normalized spacial score (nSPS) is 12.4. The third kappa shape index (κ3) is 2.74. The monoisotopic (exact) mass is 353 g/mol. The number of thiazole rings is 1. The zero-order valence-electron chi connectivity index (χ0n) is 13.8. The molecule has 8 heteroatoms. The molecule has 0 saturated carbocycles. The standard InChI is InChI=1S/C17H15N5O2S/c1-10-19-14-7-6-11-9-18-17(20-15(11)16(14)25-10)21(2)12-4-3-5-13(8-12)22(23)24/h3-5,8-9H,6-7H2,1-2H3. The number of hydrogen-bond acceptors (Lipinski definition) is 7. The summed E-state index contributed by atoms with van der Waals surface area (Å²) >= 11 is 1.65. The Bertz CT molecular complexity index is 985. The lowest BCUT2D eigenvalue weighted by Crippen LogP contribution is -2.15. The minimum atomic E-state index is -0.405. The smallest absolute Gasteiger partial charge is 0.271 e. The first-order valence-corrected chi connectivity index (χ1v) is 8.65. The van der Waals surface area contributed by atoms with E-state index in [-0.39, 0.29) is 5.69 Å². The Morgan fingerprint density at radius 2 is 2.12 bits per heavy atom. The van der Waals surface area contributed by atoms with Gasteiger partial charge in [-0.25, -0.2) is 15.0 Å². The number of rotatable bonds is 3. The second kappa shape index (κ2) is 5.89. The molecular formula is C17H15N5O2S. The number of aromatic nitrogens is 3. The van der Waals surface area contributed by atoms with E-state index < -0.39 is 4.92 Å². The van der Waals surface area contributed by atoms with E-state index in [0.29, 0.717) is 11.6 Å². The fourth-order valence-corrected chi connectivity index (χ4v) is 3.94. The van der Waals surface area contributed by atoms with Crippen LogP contribution in [0.3, 0.4) is 0 Å². The molecular weight excluding hydrogens is 338 g/mol. The molecule has 0 saturated heterocycles. The third-order valence-electron chi connectivity index (χ3n) is 4.23. The molecule has 0 N–H and O–H groups in total. The summed E-state index contributed by atoms with van der Waals surface area (Å²) in [5, 5.41) is 12.0. The first kappa shape index (κ1) is 15.6. The predicted octanol–water partition coefficient (Wildman–Crippen LogP) is 3.68. The van der Waals surface area contributed by atoms with E-state index in [9.17, 15) is 10.1 Å². The largest absolute Gasteiger partial charge is 0.313 e. The summed E-state index contributed by atoms with van der Waals surface area (Å²) in [7, 11) is 1.81. The quantitative estimate of drug-likeness (QED) is 0.527. The van der Waals surface area contributed by atoms with Crippen LogP contribution in [0.1, 0.15) is 16.3 Å². The summed E-state index contributed by atoms with van der Waals surface area (Å²) in [6, 6.07) is 6.45. The number of nitro groups is 1. The van der Waals surface area contributed by atoms with Gasteiger partial charge in [-0.15, -0.1) is 11.3 Å². The van der Waals surface area contributed by atoms with Gasteiger partial charge in [-0.1, -0.05) is 6.07 Å². The van der Waals surface area contributed by atoms with Crippen molar-refractivity contribution in [3.05, 3.63) is 56.8 Å². The SMILES string of the molecule is Cc1nc2c(s1)-c1nc(N(C)c3cccc([N+](=O)[O-])c3)ncc1CC2. The molecule has 0 bridgehead atoms. The van der Waals surface area contributed by atoms with Gasteiger partial charge in [0.25, 0.3) is 5.69 Å². The van der Waals surface area contributed by atoms with Crippen LogP contribution in [-0.4, -0.2) is 26.9 Å². The topological polar surface area (TPSA) is 85.0 Å². The van der Waals surface area contributed by atoms with Crippen LogP contribution in [0.5, 0.6) is 0 Å². The Balaban J connectivity index is 1.75. The van der Waals surface area contributed by atoms with Gasteiger partial charge in [0, 0.05) is 25.4 Å². The second-order valence-electron chi connectivity index (χ2n) is 5.89. The summed E-state index contributed by atoms with van der Waals surface area (Å²) in [6.07, 6.45) is 3.64. The van der Waals surface area contributed by atoms with Crippen molar-refractivity contribution in [2.45, 2.75) is 19.8 Å². The van der Waals surface area contributed by atoms with Gasteiger partial charge in [-0.3, -0.25) is 10.1 Å². The molecule has 126 valence electrons. The average Bonchev–Trinajstić information content (AvgIpc) is 3.01. The molecule has 25 heavy (non-hydrogen) atoms. The van der Waals surface area contributed by atoms with Crippen LogP contribution in [-0.2, 0) is 12.8 Å². The Kier molecular flexibility index (Phi) is 3.69. The number of non-ortho nitro benzene ring substituents is 1. The maximum Gasteiger partial charge on any atom is 0.271 e. The Morgan fingerprint density at radius 3 is 2.92 bits per heavy atom. The molecule has 2 aromatic heterocycles. The molecule has 0 spiro atoms. The first-order valence-electron chi connectivity index (χ1n) is 7.83. The van der Waals surface area contributed by atoms with Gasteiger partial charge in [0.2, 0.25) is 5.95 Å². The van der Waals surface area contributed by atoms with Crippen LogP contribution < -0.4 is 4.90 Å². The average molecular weight is 353 g/mol. The van der Waals surface area contributed by atoms with Gasteiger partial charge in [0.1, 0.15) is 0 Å². The highest BCUT2D eigenvalue weighted by Gasteiger charge is 2.23. The Hall–Kier alpha value is -2.87. The Labute approximate surface area is 148 Å². The van der Waals surface area contributed by atoms with Gasteiger partial charge in [-0.05, 0) is 31.4 Å². The fraction of sp³-hybridized carbons (Fsp3) is 0.235. The molecule has 0 atom stereocenters. The number of hydrogen-bond donors (Lipinski definition) is 0. The van der Waals surface area contributed by atoms with Crippen LogP contribution >= 0.6 is 11.3 Å². The third-order valence-corrected chi connectivity index (χ3v) is 5.25. The van der Waals surface area contributed by atoms with Gasteiger partial charge >= 0.3 is 0 Å². The summed E-state index contributed by atoms with van der Waals surface area (Å²) in [4.78, 5) is 27.2. The molecule has 7 nitrogen and oxygen atoms in total. The van der Waals surface area contributed by atoms with E-state index in [1.807, 2.05) is 20.2 Å². The molecule has 1 aromatic carbocycles. The lowest BCUT2D eigenvalue weighted by Gasteiger charge is -2.20. The number of nitro benzene ring substituents is 1.